The highest BCUT2D eigenvalue weighted by Crippen LogP contribution is 2.32. The molecule has 1 saturated carbocycles. The summed E-state index contributed by atoms with van der Waals surface area (Å²) < 4.78 is 5.51. The van der Waals surface area contributed by atoms with Crippen molar-refractivity contribution in [2.75, 3.05) is 26.7 Å². The molecule has 0 radical (unpaired) electrons. The van der Waals surface area contributed by atoms with E-state index in [1.54, 1.807) is 7.11 Å². The van der Waals surface area contributed by atoms with E-state index in [1.807, 2.05) is 18.2 Å². The Kier molecular flexibility index (Phi) is 6.13. The van der Waals surface area contributed by atoms with Crippen LogP contribution in [-0.4, -0.2) is 37.6 Å². The molecule has 1 saturated heterocycles. The van der Waals surface area contributed by atoms with Crippen LogP contribution in [0.25, 0.3) is 0 Å². The Morgan fingerprint density at radius 2 is 2.08 bits per heavy atom. The quantitative estimate of drug-likeness (QED) is 0.867. The number of nitrogens with one attached hydrogen (secondary N) is 1. The van der Waals surface area contributed by atoms with Crippen molar-refractivity contribution in [2.24, 2.45) is 5.92 Å². The van der Waals surface area contributed by atoms with Crippen molar-refractivity contribution in [3.8, 4) is 5.75 Å². The summed E-state index contributed by atoms with van der Waals surface area (Å²) in [6.45, 7) is 2.46. The summed E-state index contributed by atoms with van der Waals surface area (Å²) in [7, 11) is 1.70. The number of carbonyl (C=O) groups excluding carboxylic acids is 1. The maximum atomic E-state index is 12.8. The number of benzene rings is 1. The van der Waals surface area contributed by atoms with Crippen LogP contribution in [0, 0.1) is 5.92 Å². The van der Waals surface area contributed by atoms with Gasteiger partial charge >= 0.3 is 0 Å². The van der Waals surface area contributed by atoms with Crippen molar-refractivity contribution in [3.05, 3.63) is 29.8 Å². The Morgan fingerprint density at radius 3 is 2.88 bits per heavy atom. The molecule has 0 bridgehead atoms. The summed E-state index contributed by atoms with van der Waals surface area (Å²) in [5.74, 6) is 2.03. The number of para-hydroxylation sites is 1. The zero-order valence-corrected chi connectivity index (χ0v) is 14.8. The Bertz CT molecular complexity index is 540. The van der Waals surface area contributed by atoms with Gasteiger partial charge in [0, 0.05) is 31.6 Å². The number of ether oxygens (including phenoxy) is 1. The first-order valence-corrected chi connectivity index (χ1v) is 9.42. The lowest BCUT2D eigenvalue weighted by Gasteiger charge is -2.37. The second-order valence-electron chi connectivity index (χ2n) is 7.09. The van der Waals surface area contributed by atoms with Crippen LogP contribution in [0.15, 0.2) is 24.3 Å². The first-order valence-electron chi connectivity index (χ1n) is 9.42. The molecule has 1 atom stereocenters. The molecule has 24 heavy (non-hydrogen) atoms. The van der Waals surface area contributed by atoms with Crippen LogP contribution in [0.4, 0.5) is 0 Å². The normalized spacial score (nSPS) is 21.9. The molecule has 1 aliphatic carbocycles. The molecule has 1 aliphatic heterocycles. The standard InChI is InChI=1S/C20H30N2O2/c1-24-19-11-5-4-10-17(19)18-15-21-13-14-22(18)20(23)12-6-9-16-7-2-3-8-16/h4-5,10-11,16,18,21H,2-3,6-9,12-15H2,1H3. The van der Waals surface area contributed by atoms with Gasteiger partial charge in [-0.25, -0.2) is 0 Å². The minimum atomic E-state index is 0.0777. The highest BCUT2D eigenvalue weighted by Gasteiger charge is 2.29. The predicted octanol–water partition coefficient (Wildman–Crippen LogP) is 3.53. The molecule has 1 aromatic rings. The van der Waals surface area contributed by atoms with Gasteiger partial charge in [-0.2, -0.15) is 0 Å². The van der Waals surface area contributed by atoms with Crippen molar-refractivity contribution in [1.29, 1.82) is 0 Å². The van der Waals surface area contributed by atoms with Crippen LogP contribution in [0.2, 0.25) is 0 Å². The maximum Gasteiger partial charge on any atom is 0.223 e. The van der Waals surface area contributed by atoms with Crippen molar-refractivity contribution in [2.45, 2.75) is 51.0 Å². The highest BCUT2D eigenvalue weighted by atomic mass is 16.5. The van der Waals surface area contributed by atoms with E-state index in [4.69, 9.17) is 4.74 Å². The number of hydrogen-bond donors (Lipinski definition) is 1. The third-order valence-electron chi connectivity index (χ3n) is 5.54. The summed E-state index contributed by atoms with van der Waals surface area (Å²) in [5.41, 5.74) is 1.11. The van der Waals surface area contributed by atoms with E-state index in [2.05, 4.69) is 16.3 Å². The Morgan fingerprint density at radius 1 is 1.29 bits per heavy atom. The van der Waals surface area contributed by atoms with Crippen LogP contribution < -0.4 is 10.1 Å². The lowest BCUT2D eigenvalue weighted by molar-refractivity contribution is -0.134. The number of amides is 1. The molecule has 2 fully saturated rings. The molecule has 3 rings (SSSR count). The van der Waals surface area contributed by atoms with Gasteiger partial charge in [0.2, 0.25) is 5.91 Å². The summed E-state index contributed by atoms with van der Waals surface area (Å²) in [6, 6.07) is 8.14. The van der Waals surface area contributed by atoms with Crippen LogP contribution in [0.1, 0.15) is 56.6 Å². The average molecular weight is 330 g/mol. The highest BCUT2D eigenvalue weighted by molar-refractivity contribution is 5.77. The van der Waals surface area contributed by atoms with Gasteiger partial charge in [-0.1, -0.05) is 43.9 Å². The van der Waals surface area contributed by atoms with E-state index >= 15 is 0 Å². The van der Waals surface area contributed by atoms with Crippen LogP contribution in [-0.2, 0) is 4.79 Å². The van der Waals surface area contributed by atoms with Gasteiger partial charge in [0.1, 0.15) is 5.75 Å². The topological polar surface area (TPSA) is 41.6 Å². The predicted molar refractivity (Wildman–Crippen MR) is 96.1 cm³/mol. The summed E-state index contributed by atoms with van der Waals surface area (Å²) in [5, 5.41) is 3.42. The second-order valence-corrected chi connectivity index (χ2v) is 7.09. The van der Waals surface area contributed by atoms with E-state index in [1.165, 1.54) is 32.1 Å². The number of carbonyl (C=O) groups is 1. The second kappa shape index (κ2) is 8.52. The zero-order chi connectivity index (χ0) is 16.8. The minimum absolute atomic E-state index is 0.0777. The Balaban J connectivity index is 1.61. The summed E-state index contributed by atoms with van der Waals surface area (Å²) in [6.07, 6.45) is 8.43. The first-order chi connectivity index (χ1) is 11.8. The van der Waals surface area contributed by atoms with Crippen molar-refractivity contribution in [1.82, 2.24) is 10.2 Å². The molecule has 0 spiro atoms. The average Bonchev–Trinajstić information content (AvgIpc) is 3.15. The third kappa shape index (κ3) is 4.10. The van der Waals surface area contributed by atoms with Crippen molar-refractivity contribution >= 4 is 5.91 Å². The largest absolute Gasteiger partial charge is 0.496 e. The fourth-order valence-corrected chi connectivity index (χ4v) is 4.21. The molecular weight excluding hydrogens is 300 g/mol. The van der Waals surface area contributed by atoms with E-state index in [0.717, 1.165) is 43.3 Å². The van der Waals surface area contributed by atoms with Gasteiger partial charge < -0.3 is 15.0 Å². The smallest absolute Gasteiger partial charge is 0.223 e. The summed E-state index contributed by atoms with van der Waals surface area (Å²) >= 11 is 0. The number of hydrogen-bond acceptors (Lipinski definition) is 3. The number of methoxy groups -OCH3 is 1. The molecule has 4 heteroatoms. The van der Waals surface area contributed by atoms with Gasteiger partial charge in [0.25, 0.3) is 0 Å². The number of piperazine rings is 1. The van der Waals surface area contributed by atoms with Crippen molar-refractivity contribution in [3.63, 3.8) is 0 Å². The molecule has 1 unspecified atom stereocenters. The minimum Gasteiger partial charge on any atom is -0.496 e. The summed E-state index contributed by atoms with van der Waals surface area (Å²) in [4.78, 5) is 14.9. The third-order valence-corrected chi connectivity index (χ3v) is 5.54. The molecule has 132 valence electrons. The molecule has 1 amide bonds. The van der Waals surface area contributed by atoms with Gasteiger partial charge in [-0.05, 0) is 24.8 Å². The van der Waals surface area contributed by atoms with Crippen LogP contribution in [0.3, 0.4) is 0 Å². The van der Waals surface area contributed by atoms with E-state index in [9.17, 15) is 4.79 Å². The van der Waals surface area contributed by atoms with Gasteiger partial charge in [0.05, 0.1) is 13.2 Å². The lowest BCUT2D eigenvalue weighted by Crippen LogP contribution is -2.48. The molecule has 1 N–H and O–H groups in total. The van der Waals surface area contributed by atoms with Crippen LogP contribution in [0.5, 0.6) is 5.75 Å². The number of rotatable bonds is 6. The monoisotopic (exact) mass is 330 g/mol. The number of nitrogens with zero attached hydrogens (tertiary/aromatic N) is 1. The lowest BCUT2D eigenvalue weighted by atomic mass is 9.98. The fraction of sp³-hybridized carbons (Fsp3) is 0.650. The maximum absolute atomic E-state index is 12.8. The Labute approximate surface area is 145 Å². The van der Waals surface area contributed by atoms with Crippen LogP contribution >= 0.6 is 0 Å². The fourth-order valence-electron chi connectivity index (χ4n) is 4.21. The molecule has 1 aromatic carbocycles. The van der Waals surface area contributed by atoms with E-state index < -0.39 is 0 Å². The Hall–Kier alpha value is -1.55. The molecule has 1 heterocycles. The zero-order valence-electron chi connectivity index (χ0n) is 14.8. The molecule has 2 aliphatic rings. The van der Waals surface area contributed by atoms with Gasteiger partial charge in [-0.3, -0.25) is 4.79 Å². The molecular formula is C20H30N2O2. The van der Waals surface area contributed by atoms with Gasteiger partial charge in [-0.15, -0.1) is 0 Å². The molecule has 0 aromatic heterocycles. The SMILES string of the molecule is COc1ccccc1C1CNCCN1C(=O)CCCC1CCCC1. The van der Waals surface area contributed by atoms with E-state index in [0.29, 0.717) is 12.3 Å². The molecule has 4 nitrogen and oxygen atoms in total. The van der Waals surface area contributed by atoms with Gasteiger partial charge in [0.15, 0.2) is 0 Å². The first kappa shape index (κ1) is 17.3. The van der Waals surface area contributed by atoms with Crippen molar-refractivity contribution < 1.29 is 9.53 Å². The van der Waals surface area contributed by atoms with E-state index in [-0.39, 0.29) is 6.04 Å².